The number of aliphatic imine (C=N–C) groups is 1. The molecule has 134 valence electrons. The number of carbonyl (C=O) groups is 1. The van der Waals surface area contributed by atoms with Crippen LogP contribution in [0, 0.1) is 5.41 Å². The zero-order valence-electron chi connectivity index (χ0n) is 14.9. The maximum Gasteiger partial charge on any atom is 0.227 e. The van der Waals surface area contributed by atoms with Gasteiger partial charge in [0, 0.05) is 39.9 Å². The van der Waals surface area contributed by atoms with Crippen molar-refractivity contribution in [3.8, 4) is 0 Å². The van der Waals surface area contributed by atoms with E-state index in [9.17, 15) is 4.79 Å². The Morgan fingerprint density at radius 3 is 2.74 bits per heavy atom. The smallest absolute Gasteiger partial charge is 0.227 e. The molecule has 1 amide bonds. The molecular weight excluding hydrogens is 296 g/mol. The minimum Gasteiger partial charge on any atom is -0.379 e. The third kappa shape index (κ3) is 7.65. The number of ether oxygens (including phenoxy) is 2. The van der Waals surface area contributed by atoms with Gasteiger partial charge in [0.05, 0.1) is 18.1 Å². The third-order valence-electron chi connectivity index (χ3n) is 3.73. The predicted molar refractivity (Wildman–Crippen MR) is 91.6 cm³/mol. The van der Waals surface area contributed by atoms with Gasteiger partial charge in [-0.1, -0.05) is 0 Å². The van der Waals surface area contributed by atoms with Crippen LogP contribution in [0.4, 0.5) is 0 Å². The summed E-state index contributed by atoms with van der Waals surface area (Å²) in [7, 11) is 1.72. The van der Waals surface area contributed by atoms with Crippen LogP contribution in [0.15, 0.2) is 4.99 Å². The van der Waals surface area contributed by atoms with Crippen LogP contribution in [-0.2, 0) is 14.3 Å². The molecule has 1 rings (SSSR count). The van der Waals surface area contributed by atoms with Gasteiger partial charge in [-0.3, -0.25) is 9.79 Å². The number of guanidine groups is 1. The molecule has 0 bridgehead atoms. The summed E-state index contributed by atoms with van der Waals surface area (Å²) in [4.78, 5) is 16.1. The van der Waals surface area contributed by atoms with E-state index in [1.165, 1.54) is 0 Å². The highest BCUT2D eigenvalue weighted by Gasteiger charge is 2.27. The molecule has 1 aliphatic heterocycles. The molecule has 0 aromatic rings. The van der Waals surface area contributed by atoms with Crippen LogP contribution in [0.3, 0.4) is 0 Å². The molecule has 1 unspecified atom stereocenters. The highest BCUT2D eigenvalue weighted by Crippen LogP contribution is 2.13. The summed E-state index contributed by atoms with van der Waals surface area (Å²) in [6.07, 6.45) is 2.15. The van der Waals surface area contributed by atoms with Crippen molar-refractivity contribution in [2.75, 3.05) is 46.5 Å². The lowest BCUT2D eigenvalue weighted by molar-refractivity contribution is -0.128. The molecule has 1 atom stereocenters. The number of amides is 1. The largest absolute Gasteiger partial charge is 0.379 e. The van der Waals surface area contributed by atoms with Crippen molar-refractivity contribution in [1.82, 2.24) is 16.0 Å². The Kier molecular flexibility index (Phi) is 8.94. The van der Waals surface area contributed by atoms with E-state index in [0.717, 1.165) is 26.0 Å². The fraction of sp³-hybridized carbons (Fsp3) is 0.875. The van der Waals surface area contributed by atoms with E-state index in [0.29, 0.717) is 32.3 Å². The summed E-state index contributed by atoms with van der Waals surface area (Å²) in [6, 6.07) is 0. The number of nitrogens with one attached hydrogen (secondary N) is 3. The molecule has 0 aromatic carbocycles. The molecule has 0 radical (unpaired) electrons. The van der Waals surface area contributed by atoms with Crippen LogP contribution in [0.1, 0.15) is 33.6 Å². The van der Waals surface area contributed by atoms with E-state index < -0.39 is 5.41 Å². The van der Waals surface area contributed by atoms with E-state index in [4.69, 9.17) is 9.47 Å². The number of hydrogen-bond acceptors (Lipinski definition) is 4. The van der Waals surface area contributed by atoms with Crippen molar-refractivity contribution in [2.45, 2.75) is 39.7 Å². The first kappa shape index (κ1) is 19.7. The Hall–Kier alpha value is -1.34. The Morgan fingerprint density at radius 2 is 2.13 bits per heavy atom. The molecule has 0 spiro atoms. The molecule has 0 aromatic heterocycles. The highest BCUT2D eigenvalue weighted by molar-refractivity contribution is 5.84. The van der Waals surface area contributed by atoms with E-state index >= 15 is 0 Å². The zero-order chi connectivity index (χ0) is 17.1. The second-order valence-electron chi connectivity index (χ2n) is 6.31. The van der Waals surface area contributed by atoms with Gasteiger partial charge in [0.1, 0.15) is 0 Å². The van der Waals surface area contributed by atoms with Gasteiger partial charge < -0.3 is 25.4 Å². The van der Waals surface area contributed by atoms with Crippen molar-refractivity contribution in [2.24, 2.45) is 10.4 Å². The normalized spacial score (nSPS) is 18.8. The molecule has 0 saturated carbocycles. The molecule has 1 saturated heterocycles. The van der Waals surface area contributed by atoms with Gasteiger partial charge in [0.2, 0.25) is 5.91 Å². The Bertz CT molecular complexity index is 380. The lowest BCUT2D eigenvalue weighted by Gasteiger charge is -2.24. The van der Waals surface area contributed by atoms with Gasteiger partial charge in [-0.05, 0) is 33.6 Å². The van der Waals surface area contributed by atoms with Crippen LogP contribution < -0.4 is 16.0 Å². The summed E-state index contributed by atoms with van der Waals surface area (Å²) in [5, 5.41) is 9.28. The van der Waals surface area contributed by atoms with Gasteiger partial charge in [-0.25, -0.2) is 0 Å². The molecule has 23 heavy (non-hydrogen) atoms. The van der Waals surface area contributed by atoms with E-state index in [1.807, 2.05) is 20.8 Å². The monoisotopic (exact) mass is 328 g/mol. The Morgan fingerprint density at radius 1 is 1.35 bits per heavy atom. The van der Waals surface area contributed by atoms with Crippen LogP contribution in [0.2, 0.25) is 0 Å². The molecule has 1 heterocycles. The van der Waals surface area contributed by atoms with Crippen molar-refractivity contribution >= 4 is 11.9 Å². The standard InChI is InChI=1S/C16H32N4O3/c1-5-18-14(21)16(2,3)12-20-15(17-4)19-8-6-9-23-13-7-10-22-11-13/h13H,5-12H2,1-4H3,(H,18,21)(H2,17,19,20). The van der Waals surface area contributed by atoms with Gasteiger partial charge in [-0.2, -0.15) is 0 Å². The number of rotatable bonds is 9. The SMILES string of the molecule is CCNC(=O)C(C)(C)CNC(=NC)NCCCOC1CCOC1. The average Bonchev–Trinajstić information content (AvgIpc) is 3.03. The van der Waals surface area contributed by atoms with Crippen LogP contribution in [0.5, 0.6) is 0 Å². The molecule has 0 aliphatic carbocycles. The summed E-state index contributed by atoms with van der Waals surface area (Å²) < 4.78 is 11.0. The molecular formula is C16H32N4O3. The topological polar surface area (TPSA) is 84.0 Å². The van der Waals surface area contributed by atoms with Crippen LogP contribution >= 0.6 is 0 Å². The molecule has 1 fully saturated rings. The Labute approximate surface area is 139 Å². The highest BCUT2D eigenvalue weighted by atomic mass is 16.5. The van der Waals surface area contributed by atoms with Crippen molar-refractivity contribution in [1.29, 1.82) is 0 Å². The van der Waals surface area contributed by atoms with Crippen molar-refractivity contribution in [3.05, 3.63) is 0 Å². The molecule has 3 N–H and O–H groups in total. The van der Waals surface area contributed by atoms with Crippen LogP contribution in [-0.4, -0.2) is 64.5 Å². The quantitative estimate of drug-likeness (QED) is 0.326. The van der Waals surface area contributed by atoms with Gasteiger partial charge in [0.25, 0.3) is 0 Å². The van der Waals surface area contributed by atoms with Gasteiger partial charge in [0.15, 0.2) is 5.96 Å². The second kappa shape index (κ2) is 10.4. The van der Waals surface area contributed by atoms with Crippen LogP contribution in [0.25, 0.3) is 0 Å². The summed E-state index contributed by atoms with van der Waals surface area (Å²) in [5.74, 6) is 0.738. The maximum absolute atomic E-state index is 12.0. The first-order valence-electron chi connectivity index (χ1n) is 8.41. The third-order valence-corrected chi connectivity index (χ3v) is 3.73. The molecule has 7 nitrogen and oxygen atoms in total. The predicted octanol–water partition coefficient (Wildman–Crippen LogP) is 0.509. The van der Waals surface area contributed by atoms with E-state index in [2.05, 4.69) is 20.9 Å². The first-order chi connectivity index (χ1) is 11.0. The number of carbonyl (C=O) groups excluding carboxylic acids is 1. The summed E-state index contributed by atoms with van der Waals surface area (Å²) in [6.45, 7) is 9.91. The van der Waals surface area contributed by atoms with Crippen molar-refractivity contribution < 1.29 is 14.3 Å². The van der Waals surface area contributed by atoms with Crippen molar-refractivity contribution in [3.63, 3.8) is 0 Å². The molecule has 7 heteroatoms. The van der Waals surface area contributed by atoms with E-state index in [1.54, 1.807) is 7.05 Å². The summed E-state index contributed by atoms with van der Waals surface area (Å²) in [5.41, 5.74) is -0.487. The van der Waals surface area contributed by atoms with E-state index in [-0.39, 0.29) is 12.0 Å². The van der Waals surface area contributed by atoms with Gasteiger partial charge >= 0.3 is 0 Å². The molecule has 1 aliphatic rings. The maximum atomic E-state index is 12.0. The second-order valence-corrected chi connectivity index (χ2v) is 6.31. The Balaban J connectivity index is 2.17. The fourth-order valence-electron chi connectivity index (χ4n) is 2.18. The van der Waals surface area contributed by atoms with Gasteiger partial charge in [-0.15, -0.1) is 0 Å². The minimum absolute atomic E-state index is 0.0372. The fourth-order valence-corrected chi connectivity index (χ4v) is 2.18. The number of nitrogens with zero attached hydrogens (tertiary/aromatic N) is 1. The first-order valence-corrected chi connectivity index (χ1v) is 8.41. The summed E-state index contributed by atoms with van der Waals surface area (Å²) >= 11 is 0. The minimum atomic E-state index is -0.487. The number of hydrogen-bond donors (Lipinski definition) is 3. The lowest BCUT2D eigenvalue weighted by Crippen LogP contribution is -2.48. The zero-order valence-corrected chi connectivity index (χ0v) is 14.9. The average molecular weight is 328 g/mol. The lowest BCUT2D eigenvalue weighted by atomic mass is 9.92.